The summed E-state index contributed by atoms with van der Waals surface area (Å²) in [7, 11) is 0. The van der Waals surface area contributed by atoms with Crippen molar-refractivity contribution in [2.24, 2.45) is 0 Å². The van der Waals surface area contributed by atoms with Gasteiger partial charge >= 0.3 is 6.18 Å². The minimum absolute atomic E-state index is 0.0555. The molecule has 0 radical (unpaired) electrons. The number of nitrogens with two attached hydrogens (primary N) is 1. The van der Waals surface area contributed by atoms with Gasteiger partial charge in [0.2, 0.25) is 0 Å². The summed E-state index contributed by atoms with van der Waals surface area (Å²) in [5, 5.41) is 0. The highest BCUT2D eigenvalue weighted by atomic mass is 19.4. The van der Waals surface area contributed by atoms with E-state index in [0.717, 1.165) is 0 Å². The zero-order valence-electron chi connectivity index (χ0n) is 7.51. The van der Waals surface area contributed by atoms with E-state index in [2.05, 4.69) is 4.98 Å². The topological polar surface area (TPSA) is 38.9 Å². The molecule has 0 aliphatic heterocycles. The molecule has 78 valence electrons. The van der Waals surface area contributed by atoms with Crippen LogP contribution < -0.4 is 5.73 Å². The summed E-state index contributed by atoms with van der Waals surface area (Å²) in [6.45, 7) is 0. The van der Waals surface area contributed by atoms with Gasteiger partial charge in [-0.05, 0) is 25.0 Å². The number of hydrogen-bond donors (Lipinski definition) is 1. The van der Waals surface area contributed by atoms with Crippen molar-refractivity contribution in [1.29, 1.82) is 0 Å². The molecule has 0 fully saturated rings. The highest BCUT2D eigenvalue weighted by Crippen LogP contribution is 2.22. The van der Waals surface area contributed by atoms with Gasteiger partial charge in [-0.3, -0.25) is 0 Å². The summed E-state index contributed by atoms with van der Waals surface area (Å²) in [5.41, 5.74) is 5.99. The number of rotatable bonds is 3. The van der Waals surface area contributed by atoms with Crippen molar-refractivity contribution in [2.45, 2.75) is 25.4 Å². The monoisotopic (exact) mass is 204 g/mol. The van der Waals surface area contributed by atoms with E-state index < -0.39 is 12.6 Å². The van der Waals surface area contributed by atoms with Crippen LogP contribution in [0.3, 0.4) is 0 Å². The van der Waals surface area contributed by atoms with E-state index in [4.69, 9.17) is 5.73 Å². The molecule has 0 aliphatic rings. The molecule has 0 aliphatic carbocycles. The first-order valence-corrected chi connectivity index (χ1v) is 4.25. The normalized spacial score (nSPS) is 11.6. The van der Waals surface area contributed by atoms with Crippen molar-refractivity contribution in [2.75, 3.05) is 5.73 Å². The molecular formula is C9H11F3N2. The summed E-state index contributed by atoms with van der Waals surface area (Å²) in [6.07, 6.45) is -4.49. The minimum atomic E-state index is -4.08. The second kappa shape index (κ2) is 4.30. The van der Waals surface area contributed by atoms with Gasteiger partial charge in [0.05, 0.1) is 0 Å². The Hall–Kier alpha value is -1.26. The molecule has 0 bridgehead atoms. The smallest absolute Gasteiger partial charge is 0.384 e. The predicted molar refractivity (Wildman–Crippen MR) is 47.6 cm³/mol. The molecule has 1 aromatic heterocycles. The molecule has 1 rings (SSSR count). The fourth-order valence-corrected chi connectivity index (χ4v) is 1.11. The second-order valence-corrected chi connectivity index (χ2v) is 3.02. The van der Waals surface area contributed by atoms with E-state index in [1.165, 1.54) is 0 Å². The van der Waals surface area contributed by atoms with Crippen LogP contribution in [0.25, 0.3) is 0 Å². The standard InChI is InChI=1S/C9H11F3N2/c10-9(11,12)6-2-4-7-3-1-5-8(13)14-7/h1,3,5H,2,4,6H2,(H2,13,14). The third-order valence-corrected chi connectivity index (χ3v) is 1.72. The van der Waals surface area contributed by atoms with Crippen molar-refractivity contribution >= 4 is 5.82 Å². The fourth-order valence-electron chi connectivity index (χ4n) is 1.11. The summed E-state index contributed by atoms with van der Waals surface area (Å²) in [5.74, 6) is 0.342. The number of hydrogen-bond acceptors (Lipinski definition) is 2. The second-order valence-electron chi connectivity index (χ2n) is 3.02. The Bertz CT molecular complexity index is 296. The average Bonchev–Trinajstić information content (AvgIpc) is 2.01. The quantitative estimate of drug-likeness (QED) is 0.821. The zero-order chi connectivity index (χ0) is 10.6. The lowest BCUT2D eigenvalue weighted by Gasteiger charge is -2.05. The Morgan fingerprint density at radius 2 is 2.00 bits per heavy atom. The van der Waals surface area contributed by atoms with Crippen molar-refractivity contribution in [3.8, 4) is 0 Å². The van der Waals surface area contributed by atoms with Gasteiger partial charge in [-0.25, -0.2) is 4.98 Å². The minimum Gasteiger partial charge on any atom is -0.384 e. The van der Waals surface area contributed by atoms with Crippen LogP contribution in [-0.4, -0.2) is 11.2 Å². The van der Waals surface area contributed by atoms with Gasteiger partial charge in [0.25, 0.3) is 0 Å². The van der Waals surface area contributed by atoms with E-state index in [-0.39, 0.29) is 6.42 Å². The molecule has 1 aromatic rings. The number of aromatic nitrogens is 1. The molecular weight excluding hydrogens is 193 g/mol. The van der Waals surface area contributed by atoms with Crippen molar-refractivity contribution in [3.63, 3.8) is 0 Å². The molecule has 2 nitrogen and oxygen atoms in total. The van der Waals surface area contributed by atoms with Crippen LogP contribution in [0.4, 0.5) is 19.0 Å². The van der Waals surface area contributed by atoms with Crippen LogP contribution in [0.1, 0.15) is 18.5 Å². The Morgan fingerprint density at radius 1 is 1.29 bits per heavy atom. The lowest BCUT2D eigenvalue weighted by atomic mass is 10.2. The predicted octanol–water partition coefficient (Wildman–Crippen LogP) is 2.55. The van der Waals surface area contributed by atoms with Crippen LogP contribution in [0.15, 0.2) is 18.2 Å². The zero-order valence-corrected chi connectivity index (χ0v) is 7.51. The van der Waals surface area contributed by atoms with Crippen molar-refractivity contribution in [1.82, 2.24) is 4.98 Å². The molecule has 0 aromatic carbocycles. The number of alkyl halides is 3. The number of nitrogens with zero attached hydrogens (tertiary/aromatic N) is 1. The number of halogens is 3. The van der Waals surface area contributed by atoms with Gasteiger partial charge in [0.1, 0.15) is 5.82 Å². The molecule has 14 heavy (non-hydrogen) atoms. The summed E-state index contributed by atoms with van der Waals surface area (Å²) in [4.78, 5) is 3.90. The van der Waals surface area contributed by atoms with E-state index >= 15 is 0 Å². The molecule has 0 saturated heterocycles. The van der Waals surface area contributed by atoms with E-state index in [1.807, 2.05) is 0 Å². The highest BCUT2D eigenvalue weighted by molar-refractivity contribution is 5.28. The van der Waals surface area contributed by atoms with Gasteiger partial charge in [0, 0.05) is 12.1 Å². The van der Waals surface area contributed by atoms with Crippen LogP contribution in [0, 0.1) is 0 Å². The van der Waals surface area contributed by atoms with E-state index in [1.54, 1.807) is 18.2 Å². The number of aryl methyl sites for hydroxylation is 1. The Morgan fingerprint density at radius 3 is 2.57 bits per heavy atom. The first kappa shape index (κ1) is 10.8. The van der Waals surface area contributed by atoms with Crippen molar-refractivity contribution in [3.05, 3.63) is 23.9 Å². The molecule has 5 heteroatoms. The van der Waals surface area contributed by atoms with Crippen LogP contribution in [-0.2, 0) is 6.42 Å². The maximum atomic E-state index is 11.8. The Labute approximate surface area is 79.9 Å². The fraction of sp³-hybridized carbons (Fsp3) is 0.444. The van der Waals surface area contributed by atoms with E-state index in [9.17, 15) is 13.2 Å². The summed E-state index contributed by atoms with van der Waals surface area (Å²) < 4.78 is 35.4. The van der Waals surface area contributed by atoms with Crippen LogP contribution in [0.2, 0.25) is 0 Å². The maximum Gasteiger partial charge on any atom is 0.389 e. The average molecular weight is 204 g/mol. The molecule has 0 saturated carbocycles. The van der Waals surface area contributed by atoms with Crippen LogP contribution >= 0.6 is 0 Å². The third-order valence-electron chi connectivity index (χ3n) is 1.72. The number of nitrogen functional groups attached to an aromatic ring is 1. The first-order chi connectivity index (χ1) is 6.47. The van der Waals surface area contributed by atoms with E-state index in [0.29, 0.717) is 17.9 Å². The molecule has 0 spiro atoms. The maximum absolute atomic E-state index is 11.8. The number of pyridine rings is 1. The molecule has 0 unspecified atom stereocenters. The molecule has 0 amide bonds. The lowest BCUT2D eigenvalue weighted by molar-refractivity contribution is -0.135. The van der Waals surface area contributed by atoms with Crippen LogP contribution in [0.5, 0.6) is 0 Å². The third kappa shape index (κ3) is 4.11. The van der Waals surface area contributed by atoms with Crippen molar-refractivity contribution < 1.29 is 13.2 Å². The van der Waals surface area contributed by atoms with Gasteiger partial charge in [-0.2, -0.15) is 13.2 Å². The Balaban J connectivity index is 2.39. The highest BCUT2D eigenvalue weighted by Gasteiger charge is 2.25. The Kier molecular flexibility index (Phi) is 3.33. The van der Waals surface area contributed by atoms with Gasteiger partial charge in [-0.1, -0.05) is 6.07 Å². The SMILES string of the molecule is Nc1cccc(CCCC(F)(F)F)n1. The van der Waals surface area contributed by atoms with Gasteiger partial charge in [0.15, 0.2) is 0 Å². The number of anilines is 1. The molecule has 2 N–H and O–H groups in total. The largest absolute Gasteiger partial charge is 0.389 e. The summed E-state index contributed by atoms with van der Waals surface area (Å²) >= 11 is 0. The molecule has 1 heterocycles. The van der Waals surface area contributed by atoms with Gasteiger partial charge < -0.3 is 5.73 Å². The summed E-state index contributed by atoms with van der Waals surface area (Å²) in [6, 6.07) is 4.96. The molecule has 0 atom stereocenters. The van der Waals surface area contributed by atoms with Gasteiger partial charge in [-0.15, -0.1) is 0 Å². The lowest BCUT2D eigenvalue weighted by Crippen LogP contribution is -2.07. The first-order valence-electron chi connectivity index (χ1n) is 4.25.